The van der Waals surface area contributed by atoms with Crippen LogP contribution < -0.4 is 4.90 Å². The first-order valence-corrected chi connectivity index (χ1v) is 8.35. The van der Waals surface area contributed by atoms with Gasteiger partial charge in [0.2, 0.25) is 5.91 Å². The van der Waals surface area contributed by atoms with Gasteiger partial charge in [-0.2, -0.15) is 8.42 Å². The quantitative estimate of drug-likeness (QED) is 0.572. The monoisotopic (exact) mass is 319 g/mol. The lowest BCUT2D eigenvalue weighted by Crippen LogP contribution is -2.25. The van der Waals surface area contributed by atoms with Crippen LogP contribution in [0.15, 0.2) is 24.3 Å². The van der Waals surface area contributed by atoms with Crippen molar-refractivity contribution in [3.63, 3.8) is 0 Å². The summed E-state index contributed by atoms with van der Waals surface area (Å²) in [6.45, 7) is 0.108. The Kier molecular flexibility index (Phi) is 6.45. The molecule has 7 heteroatoms. The zero-order chi connectivity index (χ0) is 15.2. The minimum atomic E-state index is -3.40. The van der Waals surface area contributed by atoms with E-state index in [2.05, 4.69) is 4.18 Å². The molecular weight excluding hydrogens is 302 g/mol. The van der Waals surface area contributed by atoms with Crippen LogP contribution in [0.2, 0.25) is 5.02 Å². The third-order valence-corrected chi connectivity index (χ3v) is 3.52. The highest BCUT2D eigenvalue weighted by atomic mass is 35.5. The molecule has 0 spiro atoms. The minimum Gasteiger partial charge on any atom is -0.316 e. The van der Waals surface area contributed by atoms with E-state index in [0.29, 0.717) is 24.3 Å². The number of rotatable bonds is 7. The molecule has 0 aliphatic carbocycles. The van der Waals surface area contributed by atoms with E-state index in [-0.39, 0.29) is 12.5 Å². The molecule has 112 valence electrons. The van der Waals surface area contributed by atoms with Crippen LogP contribution in [0.3, 0.4) is 0 Å². The van der Waals surface area contributed by atoms with Gasteiger partial charge in [0.1, 0.15) is 0 Å². The van der Waals surface area contributed by atoms with Crippen LogP contribution in [0.5, 0.6) is 0 Å². The Balaban J connectivity index is 2.34. The molecule has 0 N–H and O–H groups in total. The van der Waals surface area contributed by atoms with E-state index in [4.69, 9.17) is 11.6 Å². The van der Waals surface area contributed by atoms with Gasteiger partial charge in [-0.15, -0.1) is 0 Å². The van der Waals surface area contributed by atoms with Gasteiger partial charge >= 0.3 is 0 Å². The molecule has 0 atom stereocenters. The first-order chi connectivity index (χ1) is 9.29. The Morgan fingerprint density at radius 3 is 2.40 bits per heavy atom. The first kappa shape index (κ1) is 16.9. The topological polar surface area (TPSA) is 63.7 Å². The normalized spacial score (nSPS) is 11.3. The number of halogens is 1. The lowest BCUT2D eigenvalue weighted by molar-refractivity contribution is -0.118. The van der Waals surface area contributed by atoms with Crippen molar-refractivity contribution in [2.45, 2.75) is 19.3 Å². The molecule has 0 aliphatic heterocycles. The Hall–Kier alpha value is -1.11. The number of amides is 1. The standard InChI is InChI=1S/C13H18ClNO4S/c1-15(12-8-6-11(14)7-9-12)13(16)5-3-4-10-19-20(2,17)18/h6-9H,3-5,10H2,1-2H3. The number of carbonyl (C=O) groups is 1. The molecule has 5 nitrogen and oxygen atoms in total. The fourth-order valence-electron chi connectivity index (χ4n) is 1.56. The van der Waals surface area contributed by atoms with Crippen LogP contribution in [0.4, 0.5) is 5.69 Å². The van der Waals surface area contributed by atoms with Crippen LogP contribution >= 0.6 is 11.6 Å². The molecular formula is C13H18ClNO4S. The highest BCUT2D eigenvalue weighted by Gasteiger charge is 2.10. The second kappa shape index (κ2) is 7.61. The Morgan fingerprint density at radius 1 is 1.25 bits per heavy atom. The summed E-state index contributed by atoms with van der Waals surface area (Å²) >= 11 is 5.78. The molecule has 0 unspecified atom stereocenters. The van der Waals surface area contributed by atoms with Crippen LogP contribution in [-0.4, -0.2) is 34.2 Å². The van der Waals surface area contributed by atoms with E-state index in [1.54, 1.807) is 36.2 Å². The SMILES string of the molecule is CN(C(=O)CCCCOS(C)(=O)=O)c1ccc(Cl)cc1. The molecule has 20 heavy (non-hydrogen) atoms. The largest absolute Gasteiger partial charge is 0.316 e. The highest BCUT2D eigenvalue weighted by Crippen LogP contribution is 2.17. The zero-order valence-corrected chi connectivity index (χ0v) is 13.1. The van der Waals surface area contributed by atoms with Gasteiger partial charge in [0.05, 0.1) is 12.9 Å². The van der Waals surface area contributed by atoms with Crippen molar-refractivity contribution in [2.75, 3.05) is 24.8 Å². The molecule has 1 aromatic carbocycles. The summed E-state index contributed by atoms with van der Waals surface area (Å²) < 4.78 is 26.1. The predicted octanol–water partition coefficient (Wildman–Crippen LogP) is 2.45. The predicted molar refractivity (Wildman–Crippen MR) is 79.5 cm³/mol. The smallest absolute Gasteiger partial charge is 0.264 e. The summed E-state index contributed by atoms with van der Waals surface area (Å²) in [6, 6.07) is 6.99. The summed E-state index contributed by atoms with van der Waals surface area (Å²) in [5, 5.41) is 0.618. The summed E-state index contributed by atoms with van der Waals surface area (Å²) in [4.78, 5) is 13.5. The number of carbonyl (C=O) groups excluding carboxylic acids is 1. The highest BCUT2D eigenvalue weighted by molar-refractivity contribution is 7.85. The average molecular weight is 320 g/mol. The van der Waals surface area contributed by atoms with E-state index >= 15 is 0 Å². The van der Waals surface area contributed by atoms with Gasteiger partial charge in [-0.05, 0) is 37.1 Å². The van der Waals surface area contributed by atoms with E-state index < -0.39 is 10.1 Å². The van der Waals surface area contributed by atoms with Crippen LogP contribution in [-0.2, 0) is 19.1 Å². The molecule has 0 bridgehead atoms. The van der Waals surface area contributed by atoms with E-state index in [9.17, 15) is 13.2 Å². The number of hydrogen-bond donors (Lipinski definition) is 0. The van der Waals surface area contributed by atoms with Gasteiger partial charge in [-0.1, -0.05) is 11.6 Å². The lowest BCUT2D eigenvalue weighted by atomic mass is 10.2. The zero-order valence-electron chi connectivity index (χ0n) is 11.5. The molecule has 1 aromatic rings. The molecule has 0 radical (unpaired) electrons. The fraction of sp³-hybridized carbons (Fsp3) is 0.462. The molecule has 1 amide bonds. The Morgan fingerprint density at radius 2 is 1.85 bits per heavy atom. The van der Waals surface area contributed by atoms with Crippen LogP contribution in [0, 0.1) is 0 Å². The average Bonchev–Trinajstić information content (AvgIpc) is 2.37. The second-order valence-electron chi connectivity index (χ2n) is 4.41. The minimum absolute atomic E-state index is 0.0355. The Labute approximate surface area is 124 Å². The van der Waals surface area contributed by atoms with Gasteiger partial charge in [-0.25, -0.2) is 0 Å². The van der Waals surface area contributed by atoms with Crippen molar-refractivity contribution >= 4 is 33.3 Å². The Bertz CT molecular complexity index is 542. The van der Waals surface area contributed by atoms with Crippen molar-refractivity contribution in [3.8, 4) is 0 Å². The van der Waals surface area contributed by atoms with Crippen molar-refractivity contribution < 1.29 is 17.4 Å². The second-order valence-corrected chi connectivity index (χ2v) is 6.49. The number of benzene rings is 1. The maximum atomic E-state index is 11.9. The van der Waals surface area contributed by atoms with E-state index in [0.717, 1.165) is 11.9 Å². The maximum absolute atomic E-state index is 11.9. The fourth-order valence-corrected chi connectivity index (χ4v) is 2.11. The van der Waals surface area contributed by atoms with Crippen LogP contribution in [0.1, 0.15) is 19.3 Å². The first-order valence-electron chi connectivity index (χ1n) is 6.16. The van der Waals surface area contributed by atoms with Gasteiger partial charge in [-0.3, -0.25) is 8.98 Å². The third-order valence-electron chi connectivity index (χ3n) is 2.67. The molecule has 0 fully saturated rings. The number of nitrogens with zero attached hydrogens (tertiary/aromatic N) is 1. The lowest BCUT2D eigenvalue weighted by Gasteiger charge is -2.17. The number of unbranched alkanes of at least 4 members (excludes halogenated alkanes) is 1. The van der Waals surface area contributed by atoms with Gasteiger partial charge in [0.15, 0.2) is 0 Å². The van der Waals surface area contributed by atoms with Gasteiger partial charge < -0.3 is 4.90 Å². The maximum Gasteiger partial charge on any atom is 0.264 e. The van der Waals surface area contributed by atoms with Gasteiger partial charge in [0, 0.05) is 24.2 Å². The van der Waals surface area contributed by atoms with E-state index in [1.165, 1.54) is 0 Å². The molecule has 0 aromatic heterocycles. The summed E-state index contributed by atoms with van der Waals surface area (Å²) in [6.07, 6.45) is 2.44. The molecule has 1 rings (SSSR count). The van der Waals surface area contributed by atoms with E-state index in [1.807, 2.05) is 0 Å². The van der Waals surface area contributed by atoms with Crippen molar-refractivity contribution in [1.29, 1.82) is 0 Å². The van der Waals surface area contributed by atoms with Crippen molar-refractivity contribution in [3.05, 3.63) is 29.3 Å². The molecule has 0 aliphatic rings. The number of hydrogen-bond acceptors (Lipinski definition) is 4. The summed E-state index contributed by atoms with van der Waals surface area (Å²) in [7, 11) is -1.70. The number of anilines is 1. The van der Waals surface area contributed by atoms with Crippen molar-refractivity contribution in [2.24, 2.45) is 0 Å². The summed E-state index contributed by atoms with van der Waals surface area (Å²) in [5.41, 5.74) is 0.770. The summed E-state index contributed by atoms with van der Waals surface area (Å²) in [5.74, 6) is -0.0355. The van der Waals surface area contributed by atoms with Crippen LogP contribution in [0.25, 0.3) is 0 Å². The molecule has 0 heterocycles. The van der Waals surface area contributed by atoms with Crippen molar-refractivity contribution in [1.82, 2.24) is 0 Å². The molecule has 0 saturated carbocycles. The third kappa shape index (κ3) is 6.36. The van der Waals surface area contributed by atoms with Gasteiger partial charge in [0.25, 0.3) is 10.1 Å². The molecule has 0 saturated heterocycles.